The van der Waals surface area contributed by atoms with Gasteiger partial charge in [-0.1, -0.05) is 30.3 Å². The van der Waals surface area contributed by atoms with Crippen molar-refractivity contribution in [2.45, 2.75) is 6.92 Å². The van der Waals surface area contributed by atoms with Crippen LogP contribution in [-0.4, -0.2) is 33.3 Å². The Kier molecular flexibility index (Phi) is 5.90. The summed E-state index contributed by atoms with van der Waals surface area (Å²) in [6.45, 7) is 5.60. The monoisotopic (exact) mass is 352 g/mol. The minimum atomic E-state index is -0.348. The zero-order chi connectivity index (χ0) is 16.8. The smallest absolute Gasteiger partial charge is 0.240 e. The third kappa shape index (κ3) is 4.40. The van der Waals surface area contributed by atoms with Crippen molar-refractivity contribution in [1.82, 2.24) is 15.0 Å². The maximum Gasteiger partial charge on any atom is 0.240 e. The van der Waals surface area contributed by atoms with Gasteiger partial charge in [0.2, 0.25) is 11.8 Å². The van der Waals surface area contributed by atoms with Gasteiger partial charge in [0.25, 0.3) is 0 Å². The second-order valence-corrected chi connectivity index (χ2v) is 5.09. The molecule has 1 N–H and O–H groups in total. The molecule has 0 aliphatic heterocycles. The van der Waals surface area contributed by atoms with Crippen LogP contribution in [0.15, 0.2) is 30.9 Å². The number of aromatic nitrogens is 3. The number of hydrogen-bond acceptors (Lipinski definition) is 5. The van der Waals surface area contributed by atoms with Gasteiger partial charge in [0.05, 0.1) is 5.69 Å². The molecule has 0 saturated carbocycles. The molecular formula is C15H14Cl2N4O2. The highest BCUT2D eigenvalue weighted by atomic mass is 35.5. The number of amides is 1. The van der Waals surface area contributed by atoms with Gasteiger partial charge in [0.1, 0.15) is 29.0 Å². The molecule has 0 bridgehead atoms. The zero-order valence-electron chi connectivity index (χ0n) is 12.3. The first-order chi connectivity index (χ1) is 11.0. The summed E-state index contributed by atoms with van der Waals surface area (Å²) in [6.07, 6.45) is 1.59. The molecule has 0 aliphatic carbocycles. The highest BCUT2D eigenvalue weighted by Crippen LogP contribution is 2.27. The lowest BCUT2D eigenvalue weighted by Crippen LogP contribution is -2.13. The molecule has 0 aromatic carbocycles. The van der Waals surface area contributed by atoms with Crippen LogP contribution in [0.3, 0.4) is 0 Å². The van der Waals surface area contributed by atoms with Crippen molar-refractivity contribution in [3.05, 3.63) is 41.6 Å². The van der Waals surface area contributed by atoms with Gasteiger partial charge in [-0.3, -0.25) is 4.79 Å². The van der Waals surface area contributed by atoms with Crippen molar-refractivity contribution >= 4 is 34.9 Å². The van der Waals surface area contributed by atoms with E-state index in [1.807, 2.05) is 0 Å². The van der Waals surface area contributed by atoms with E-state index in [0.717, 1.165) is 0 Å². The molecule has 120 valence electrons. The van der Waals surface area contributed by atoms with Gasteiger partial charge in [-0.15, -0.1) is 11.6 Å². The van der Waals surface area contributed by atoms with Gasteiger partial charge < -0.3 is 10.1 Å². The minimum Gasteiger partial charge on any atom is -0.472 e. The maximum atomic E-state index is 11.3. The van der Waals surface area contributed by atoms with E-state index in [4.69, 9.17) is 27.9 Å². The third-order valence-electron chi connectivity index (χ3n) is 2.69. The number of alkyl halides is 1. The molecule has 0 fully saturated rings. The van der Waals surface area contributed by atoms with Crippen LogP contribution < -0.4 is 10.1 Å². The average Bonchev–Trinajstić information content (AvgIpc) is 2.56. The van der Waals surface area contributed by atoms with Crippen molar-refractivity contribution in [3.8, 4) is 17.4 Å². The Balaban J connectivity index is 2.37. The molecule has 0 unspecified atom stereocenters. The summed E-state index contributed by atoms with van der Waals surface area (Å²) in [6, 6.07) is 5.09. The normalized spacial score (nSPS) is 10.2. The highest BCUT2D eigenvalue weighted by molar-refractivity contribution is 6.32. The number of nitrogens with zero attached hydrogens (tertiary/aromatic N) is 3. The number of nitrogens with one attached hydrogen (secondary N) is 1. The van der Waals surface area contributed by atoms with Crippen LogP contribution in [0.4, 0.5) is 5.82 Å². The molecule has 2 rings (SSSR count). The van der Waals surface area contributed by atoms with Crippen LogP contribution in [0.2, 0.25) is 5.02 Å². The minimum absolute atomic E-state index is 0.151. The third-order valence-corrected chi connectivity index (χ3v) is 3.37. The van der Waals surface area contributed by atoms with Gasteiger partial charge in [0.15, 0.2) is 5.82 Å². The summed E-state index contributed by atoms with van der Waals surface area (Å²) >= 11 is 11.6. The fourth-order valence-corrected chi connectivity index (χ4v) is 1.89. The Bertz CT molecular complexity index is 737. The molecule has 0 aliphatic rings. The molecule has 0 spiro atoms. The Morgan fingerprint density at radius 3 is 2.87 bits per heavy atom. The number of rotatable bonds is 6. The summed E-state index contributed by atoms with van der Waals surface area (Å²) in [5.41, 5.74) is 1.04. The van der Waals surface area contributed by atoms with E-state index in [0.29, 0.717) is 28.1 Å². The molecule has 0 saturated heterocycles. The highest BCUT2D eigenvalue weighted by Gasteiger charge is 2.14. The number of carbonyl (C=O) groups is 1. The van der Waals surface area contributed by atoms with E-state index in [2.05, 4.69) is 26.8 Å². The summed E-state index contributed by atoms with van der Waals surface area (Å²) in [7, 11) is 0. The first kappa shape index (κ1) is 17.2. The first-order valence-electron chi connectivity index (χ1n) is 6.66. The maximum absolute atomic E-state index is 11.3. The fraction of sp³-hybridized carbons (Fsp3) is 0.200. The largest absolute Gasteiger partial charge is 0.472 e. The van der Waals surface area contributed by atoms with E-state index in [1.165, 1.54) is 0 Å². The molecule has 23 heavy (non-hydrogen) atoms. The lowest BCUT2D eigenvalue weighted by atomic mass is 10.3. The van der Waals surface area contributed by atoms with Gasteiger partial charge in [-0.2, -0.15) is 4.98 Å². The molecule has 2 aromatic rings. The fourth-order valence-electron chi connectivity index (χ4n) is 1.69. The number of carbonyl (C=O) groups excluding carboxylic acids is 1. The SMILES string of the molecule is C=CCOc1nc(-c2cccc(NC(=O)CCl)n2)nc(C)c1Cl. The number of halogens is 2. The zero-order valence-corrected chi connectivity index (χ0v) is 13.9. The van der Waals surface area contributed by atoms with Crippen molar-refractivity contribution in [1.29, 1.82) is 0 Å². The molecule has 1 amide bonds. The topological polar surface area (TPSA) is 77.0 Å². The number of aryl methyl sites for hydroxylation is 1. The number of hydrogen-bond donors (Lipinski definition) is 1. The van der Waals surface area contributed by atoms with E-state index < -0.39 is 0 Å². The van der Waals surface area contributed by atoms with Crippen molar-refractivity contribution in [2.24, 2.45) is 0 Å². The van der Waals surface area contributed by atoms with Crippen LogP contribution in [-0.2, 0) is 4.79 Å². The van der Waals surface area contributed by atoms with Gasteiger partial charge in [0, 0.05) is 0 Å². The summed E-state index contributed by atoms with van der Waals surface area (Å²) < 4.78 is 5.43. The van der Waals surface area contributed by atoms with Crippen LogP contribution in [0, 0.1) is 6.92 Å². The Morgan fingerprint density at radius 2 is 2.17 bits per heavy atom. The van der Waals surface area contributed by atoms with E-state index in [1.54, 1.807) is 31.2 Å². The second-order valence-electron chi connectivity index (χ2n) is 4.44. The number of anilines is 1. The summed E-state index contributed by atoms with van der Waals surface area (Å²) in [5, 5.41) is 2.90. The quantitative estimate of drug-likeness (QED) is 0.637. The molecule has 8 heteroatoms. The summed E-state index contributed by atoms with van der Waals surface area (Å²) in [5.74, 6) is 0.457. The lowest BCUT2D eigenvalue weighted by molar-refractivity contribution is -0.113. The number of pyridine rings is 1. The molecule has 2 aromatic heterocycles. The van der Waals surface area contributed by atoms with Gasteiger partial charge in [-0.05, 0) is 19.1 Å². The van der Waals surface area contributed by atoms with Crippen LogP contribution in [0.1, 0.15) is 5.69 Å². The molecule has 2 heterocycles. The molecule has 0 atom stereocenters. The molecule has 0 radical (unpaired) electrons. The Labute approximate surface area is 143 Å². The van der Waals surface area contributed by atoms with Crippen LogP contribution >= 0.6 is 23.2 Å². The Morgan fingerprint density at radius 1 is 1.39 bits per heavy atom. The van der Waals surface area contributed by atoms with Crippen LogP contribution in [0.25, 0.3) is 11.5 Å². The van der Waals surface area contributed by atoms with Gasteiger partial charge >= 0.3 is 0 Å². The van der Waals surface area contributed by atoms with E-state index in [-0.39, 0.29) is 24.3 Å². The predicted molar refractivity (Wildman–Crippen MR) is 90.1 cm³/mol. The summed E-state index contributed by atoms with van der Waals surface area (Å²) in [4.78, 5) is 24.2. The lowest BCUT2D eigenvalue weighted by Gasteiger charge is -2.09. The van der Waals surface area contributed by atoms with Crippen LogP contribution in [0.5, 0.6) is 5.88 Å². The second kappa shape index (κ2) is 7.89. The van der Waals surface area contributed by atoms with E-state index in [9.17, 15) is 4.79 Å². The van der Waals surface area contributed by atoms with Gasteiger partial charge in [-0.25, -0.2) is 9.97 Å². The van der Waals surface area contributed by atoms with Crippen molar-refractivity contribution in [3.63, 3.8) is 0 Å². The Hall–Kier alpha value is -2.18. The molecule has 6 nitrogen and oxygen atoms in total. The number of ether oxygens (including phenoxy) is 1. The first-order valence-corrected chi connectivity index (χ1v) is 7.57. The standard InChI is InChI=1S/C15H14Cl2N4O2/c1-3-7-23-15-13(17)9(2)18-14(21-15)10-5-4-6-11(19-10)20-12(22)8-16/h3-6H,1,7-8H2,2H3,(H,19,20,22). The van der Waals surface area contributed by atoms with Crippen molar-refractivity contribution in [2.75, 3.05) is 17.8 Å². The van der Waals surface area contributed by atoms with Crippen molar-refractivity contribution < 1.29 is 9.53 Å². The average molecular weight is 353 g/mol. The predicted octanol–water partition coefficient (Wildman–Crippen LogP) is 3.24. The van der Waals surface area contributed by atoms with E-state index >= 15 is 0 Å². The molecular weight excluding hydrogens is 339 g/mol.